The lowest BCUT2D eigenvalue weighted by Crippen LogP contribution is -2.42. The Bertz CT molecular complexity index is 440. The number of rotatable bonds is 2. The van der Waals surface area contributed by atoms with E-state index in [4.69, 9.17) is 10.5 Å². The minimum absolute atomic E-state index is 0.0368. The van der Waals surface area contributed by atoms with Crippen molar-refractivity contribution >= 4 is 5.91 Å². The number of hydrogen-bond acceptors (Lipinski definition) is 4. The van der Waals surface area contributed by atoms with Crippen LogP contribution in [-0.2, 0) is 0 Å². The Kier molecular flexibility index (Phi) is 3.72. The van der Waals surface area contributed by atoms with E-state index < -0.39 is 0 Å². The first-order valence-corrected chi connectivity index (χ1v) is 6.03. The fraction of sp³-hybridized carbons (Fsp3) is 0.462. The second kappa shape index (κ2) is 5.27. The molecule has 0 unspecified atom stereocenters. The fourth-order valence-electron chi connectivity index (χ4n) is 2.10. The summed E-state index contributed by atoms with van der Waals surface area (Å²) in [4.78, 5) is 14.0. The monoisotopic (exact) mass is 250 g/mol. The molecule has 5 heteroatoms. The number of carbonyl (C=O) groups is 1. The smallest absolute Gasteiger partial charge is 0.253 e. The maximum Gasteiger partial charge on any atom is 0.253 e. The molecule has 3 N–H and O–H groups in total. The first-order chi connectivity index (χ1) is 8.61. The maximum atomic E-state index is 12.2. The second-order valence-corrected chi connectivity index (χ2v) is 4.52. The predicted octanol–water partition coefficient (Wildman–Crippen LogP) is 0.964. The molecule has 5 nitrogen and oxygen atoms in total. The normalized spacial score (nSPS) is 16.7. The zero-order valence-electron chi connectivity index (χ0n) is 10.4. The van der Waals surface area contributed by atoms with Gasteiger partial charge in [-0.1, -0.05) is 0 Å². The highest BCUT2D eigenvalue weighted by Crippen LogP contribution is 2.27. The Morgan fingerprint density at radius 3 is 2.72 bits per heavy atom. The summed E-state index contributed by atoms with van der Waals surface area (Å²) >= 11 is 0. The third-order valence-corrected chi connectivity index (χ3v) is 3.25. The Hall–Kier alpha value is -1.75. The molecule has 1 aliphatic rings. The summed E-state index contributed by atoms with van der Waals surface area (Å²) in [5, 5.41) is 9.50. The largest absolute Gasteiger partial charge is 0.504 e. The molecule has 1 aliphatic heterocycles. The molecule has 0 radical (unpaired) electrons. The zero-order chi connectivity index (χ0) is 13.1. The van der Waals surface area contributed by atoms with Gasteiger partial charge in [-0.2, -0.15) is 0 Å². The lowest BCUT2D eigenvalue weighted by molar-refractivity contribution is 0.0714. The Morgan fingerprint density at radius 2 is 2.11 bits per heavy atom. The second-order valence-electron chi connectivity index (χ2n) is 4.52. The molecule has 1 saturated heterocycles. The van der Waals surface area contributed by atoms with Gasteiger partial charge in [0.05, 0.1) is 7.11 Å². The number of phenols is 1. The van der Waals surface area contributed by atoms with Gasteiger partial charge in [-0.05, 0) is 31.0 Å². The average Bonchev–Trinajstić information content (AvgIpc) is 2.39. The van der Waals surface area contributed by atoms with Gasteiger partial charge in [0.2, 0.25) is 0 Å². The molecule has 98 valence electrons. The van der Waals surface area contributed by atoms with Crippen molar-refractivity contribution in [1.82, 2.24) is 4.90 Å². The summed E-state index contributed by atoms with van der Waals surface area (Å²) in [7, 11) is 1.46. The van der Waals surface area contributed by atoms with E-state index in [0.29, 0.717) is 24.4 Å². The average molecular weight is 250 g/mol. The van der Waals surface area contributed by atoms with Crippen LogP contribution in [0, 0.1) is 0 Å². The van der Waals surface area contributed by atoms with Gasteiger partial charge in [0.25, 0.3) is 5.91 Å². The van der Waals surface area contributed by atoms with Crippen LogP contribution < -0.4 is 10.5 Å². The van der Waals surface area contributed by atoms with E-state index in [-0.39, 0.29) is 17.7 Å². The molecule has 2 rings (SSSR count). The number of hydrogen-bond donors (Lipinski definition) is 2. The van der Waals surface area contributed by atoms with Crippen molar-refractivity contribution in [3.63, 3.8) is 0 Å². The number of carbonyl (C=O) groups excluding carboxylic acids is 1. The number of likely N-dealkylation sites (tertiary alicyclic amines) is 1. The molecule has 1 heterocycles. The summed E-state index contributed by atoms with van der Waals surface area (Å²) in [5.74, 6) is 0.310. The van der Waals surface area contributed by atoms with Crippen LogP contribution >= 0.6 is 0 Å². The van der Waals surface area contributed by atoms with Gasteiger partial charge in [0.15, 0.2) is 11.5 Å². The minimum atomic E-state index is -0.0415. The Balaban J connectivity index is 2.13. The number of ether oxygens (including phenoxy) is 1. The third-order valence-electron chi connectivity index (χ3n) is 3.25. The van der Waals surface area contributed by atoms with Crippen molar-refractivity contribution in [2.24, 2.45) is 5.73 Å². The van der Waals surface area contributed by atoms with Crippen LogP contribution in [0.25, 0.3) is 0 Å². The van der Waals surface area contributed by atoms with Crippen molar-refractivity contribution in [3.05, 3.63) is 23.8 Å². The molecule has 0 atom stereocenters. The van der Waals surface area contributed by atoms with Crippen LogP contribution in [0.2, 0.25) is 0 Å². The van der Waals surface area contributed by atoms with Crippen LogP contribution in [0.1, 0.15) is 23.2 Å². The number of methoxy groups -OCH3 is 1. The number of nitrogens with zero attached hydrogens (tertiary/aromatic N) is 1. The van der Waals surface area contributed by atoms with Crippen molar-refractivity contribution in [2.75, 3.05) is 20.2 Å². The highest BCUT2D eigenvalue weighted by molar-refractivity contribution is 5.95. The van der Waals surface area contributed by atoms with Gasteiger partial charge in [0, 0.05) is 24.7 Å². The maximum absolute atomic E-state index is 12.2. The zero-order valence-corrected chi connectivity index (χ0v) is 10.4. The SMILES string of the molecule is COc1cc(C(=O)N2CCC(N)CC2)ccc1O. The molecule has 0 spiro atoms. The number of benzene rings is 1. The van der Waals surface area contributed by atoms with Crippen LogP contribution in [0.3, 0.4) is 0 Å². The van der Waals surface area contributed by atoms with E-state index in [1.807, 2.05) is 0 Å². The van der Waals surface area contributed by atoms with Crippen LogP contribution in [-0.4, -0.2) is 42.2 Å². The van der Waals surface area contributed by atoms with E-state index in [1.54, 1.807) is 17.0 Å². The van der Waals surface area contributed by atoms with Crippen LogP contribution in [0.4, 0.5) is 0 Å². The van der Waals surface area contributed by atoms with Gasteiger partial charge < -0.3 is 20.5 Å². The lowest BCUT2D eigenvalue weighted by atomic mass is 10.0. The van der Waals surface area contributed by atoms with Gasteiger partial charge >= 0.3 is 0 Å². The standard InChI is InChI=1S/C13H18N2O3/c1-18-12-8-9(2-3-11(12)16)13(17)15-6-4-10(14)5-7-15/h2-3,8,10,16H,4-7,14H2,1H3. The molecule has 0 aromatic heterocycles. The fourth-order valence-corrected chi connectivity index (χ4v) is 2.10. The number of phenolic OH excluding ortho intramolecular Hbond substituents is 1. The van der Waals surface area contributed by atoms with Gasteiger partial charge in [-0.3, -0.25) is 4.79 Å². The molecular formula is C13H18N2O3. The Labute approximate surface area is 106 Å². The number of nitrogens with two attached hydrogens (primary N) is 1. The molecule has 1 aromatic carbocycles. The third kappa shape index (κ3) is 2.56. The molecule has 1 amide bonds. The van der Waals surface area contributed by atoms with E-state index in [2.05, 4.69) is 0 Å². The molecule has 1 fully saturated rings. The van der Waals surface area contributed by atoms with Crippen molar-refractivity contribution in [1.29, 1.82) is 0 Å². The molecule has 0 saturated carbocycles. The molecule has 1 aromatic rings. The summed E-state index contributed by atoms with van der Waals surface area (Å²) < 4.78 is 5.00. The first-order valence-electron chi connectivity index (χ1n) is 6.03. The van der Waals surface area contributed by atoms with Crippen molar-refractivity contribution < 1.29 is 14.6 Å². The van der Waals surface area contributed by atoms with Gasteiger partial charge in [0.1, 0.15) is 0 Å². The summed E-state index contributed by atoms with van der Waals surface area (Å²) in [6, 6.07) is 4.84. The first kappa shape index (κ1) is 12.7. The summed E-state index contributed by atoms with van der Waals surface area (Å²) in [6.45, 7) is 1.37. The predicted molar refractivity (Wildman–Crippen MR) is 67.8 cm³/mol. The van der Waals surface area contributed by atoms with E-state index in [9.17, 15) is 9.90 Å². The summed E-state index contributed by atoms with van der Waals surface area (Å²) in [5.41, 5.74) is 6.34. The highest BCUT2D eigenvalue weighted by Gasteiger charge is 2.22. The highest BCUT2D eigenvalue weighted by atomic mass is 16.5. The molecule has 18 heavy (non-hydrogen) atoms. The Morgan fingerprint density at radius 1 is 1.44 bits per heavy atom. The van der Waals surface area contributed by atoms with Gasteiger partial charge in [-0.15, -0.1) is 0 Å². The quantitative estimate of drug-likeness (QED) is 0.820. The molecule has 0 aliphatic carbocycles. The number of aromatic hydroxyl groups is 1. The summed E-state index contributed by atoms with van der Waals surface area (Å²) in [6.07, 6.45) is 1.67. The van der Waals surface area contributed by atoms with Crippen LogP contribution in [0.5, 0.6) is 11.5 Å². The minimum Gasteiger partial charge on any atom is -0.504 e. The van der Waals surface area contributed by atoms with Crippen LogP contribution in [0.15, 0.2) is 18.2 Å². The molecular weight excluding hydrogens is 232 g/mol. The van der Waals surface area contributed by atoms with E-state index in [1.165, 1.54) is 13.2 Å². The van der Waals surface area contributed by atoms with Crippen molar-refractivity contribution in [3.8, 4) is 11.5 Å². The number of piperidine rings is 1. The topological polar surface area (TPSA) is 75.8 Å². The van der Waals surface area contributed by atoms with Crippen molar-refractivity contribution in [2.45, 2.75) is 18.9 Å². The number of amides is 1. The molecule has 0 bridgehead atoms. The van der Waals surface area contributed by atoms with E-state index in [0.717, 1.165) is 12.8 Å². The van der Waals surface area contributed by atoms with Gasteiger partial charge in [-0.25, -0.2) is 0 Å². The van der Waals surface area contributed by atoms with E-state index >= 15 is 0 Å². The lowest BCUT2D eigenvalue weighted by Gasteiger charge is -2.30.